The van der Waals surface area contributed by atoms with Crippen LogP contribution in [0.3, 0.4) is 0 Å². The molecular weight excluding hydrogens is 248 g/mol. The molecule has 3 nitrogen and oxygen atoms in total. The third kappa shape index (κ3) is 5.22. The molecule has 0 bridgehead atoms. The molecule has 0 spiro atoms. The maximum absolute atomic E-state index is 4.94. The number of hydrogen-bond donors (Lipinski definition) is 0. The molecule has 2 fully saturated rings. The summed E-state index contributed by atoms with van der Waals surface area (Å²) in [6.45, 7) is 7.37. The first-order chi connectivity index (χ1) is 9.66. The van der Waals surface area contributed by atoms with Crippen molar-refractivity contribution in [2.24, 2.45) is 0 Å². The number of aromatic nitrogens is 1. The molecule has 0 N–H and O–H groups in total. The first-order valence-corrected chi connectivity index (χ1v) is 7.90. The van der Waals surface area contributed by atoms with Gasteiger partial charge in [-0.25, -0.2) is 0 Å². The van der Waals surface area contributed by atoms with E-state index in [1.807, 2.05) is 0 Å². The molecule has 0 unspecified atom stereocenters. The van der Waals surface area contributed by atoms with E-state index in [-0.39, 0.29) is 0 Å². The van der Waals surface area contributed by atoms with E-state index in [4.69, 9.17) is 4.74 Å². The van der Waals surface area contributed by atoms with Crippen LogP contribution in [0.25, 0.3) is 0 Å². The maximum Gasteiger partial charge on any atom is 0.0547 e. The molecule has 2 aliphatic rings. The van der Waals surface area contributed by atoms with Crippen molar-refractivity contribution in [1.82, 2.24) is 9.88 Å². The first kappa shape index (κ1) is 15.5. The Morgan fingerprint density at radius 3 is 2.45 bits per heavy atom. The molecular formula is C17H28N2O. The second-order valence-corrected chi connectivity index (χ2v) is 6.17. The molecule has 1 aromatic heterocycles. The van der Waals surface area contributed by atoms with Crippen molar-refractivity contribution in [1.29, 1.82) is 0 Å². The molecule has 0 radical (unpaired) electrons. The minimum absolute atomic E-state index is 0.524. The molecule has 1 aliphatic heterocycles. The van der Waals surface area contributed by atoms with E-state index in [2.05, 4.69) is 49.0 Å². The van der Waals surface area contributed by atoms with Crippen LogP contribution in [0.5, 0.6) is 0 Å². The van der Waals surface area contributed by atoms with E-state index < -0.39 is 0 Å². The Balaban J connectivity index is 0.000000247. The average Bonchev–Trinajstić information content (AvgIpc) is 3.12. The monoisotopic (exact) mass is 276 g/mol. The Morgan fingerprint density at radius 2 is 1.95 bits per heavy atom. The fraction of sp³-hybridized carbons (Fsp3) is 0.706. The summed E-state index contributed by atoms with van der Waals surface area (Å²) in [5.74, 6) is 0.524. The summed E-state index contributed by atoms with van der Waals surface area (Å²) < 4.78 is 4.94. The van der Waals surface area contributed by atoms with Crippen molar-refractivity contribution in [3.8, 4) is 0 Å². The van der Waals surface area contributed by atoms with Gasteiger partial charge in [0.25, 0.3) is 0 Å². The van der Waals surface area contributed by atoms with Gasteiger partial charge in [-0.15, -0.1) is 0 Å². The number of ether oxygens (including phenoxy) is 1. The fourth-order valence-electron chi connectivity index (χ4n) is 2.32. The SMILES string of the molecule is C1CCOC1.CC(C)c1cccc(CN(C)C2CC2)n1. The van der Waals surface area contributed by atoms with Gasteiger partial charge in [-0.3, -0.25) is 9.88 Å². The van der Waals surface area contributed by atoms with Crippen molar-refractivity contribution in [3.63, 3.8) is 0 Å². The van der Waals surface area contributed by atoms with Gasteiger partial charge in [-0.2, -0.15) is 0 Å². The summed E-state index contributed by atoms with van der Waals surface area (Å²) in [6.07, 6.45) is 5.28. The normalized spacial score (nSPS) is 18.2. The highest BCUT2D eigenvalue weighted by atomic mass is 16.5. The molecule has 0 aromatic carbocycles. The molecule has 1 aromatic rings. The molecule has 3 rings (SSSR count). The van der Waals surface area contributed by atoms with Gasteiger partial charge in [-0.1, -0.05) is 19.9 Å². The lowest BCUT2D eigenvalue weighted by molar-refractivity contribution is 0.198. The molecule has 20 heavy (non-hydrogen) atoms. The summed E-state index contributed by atoms with van der Waals surface area (Å²) in [4.78, 5) is 7.09. The van der Waals surface area contributed by atoms with Gasteiger partial charge >= 0.3 is 0 Å². The van der Waals surface area contributed by atoms with Crippen molar-refractivity contribution >= 4 is 0 Å². The standard InChI is InChI=1S/C13H20N2.C4H8O/c1-10(2)13-6-4-5-11(14-13)9-15(3)12-7-8-12;1-2-4-5-3-1/h4-6,10,12H,7-9H2,1-3H3;1-4H2. The molecule has 3 heteroatoms. The third-order valence-corrected chi connectivity index (χ3v) is 3.83. The lowest BCUT2D eigenvalue weighted by atomic mass is 10.1. The van der Waals surface area contributed by atoms with E-state index in [1.165, 1.54) is 37.1 Å². The lowest BCUT2D eigenvalue weighted by Crippen LogP contribution is -2.20. The zero-order valence-electron chi connectivity index (χ0n) is 13.1. The smallest absolute Gasteiger partial charge is 0.0547 e. The van der Waals surface area contributed by atoms with Crippen molar-refractivity contribution in [2.75, 3.05) is 20.3 Å². The Morgan fingerprint density at radius 1 is 1.25 bits per heavy atom. The Labute approximate surface area is 123 Å². The lowest BCUT2D eigenvalue weighted by Gasteiger charge is -2.15. The van der Waals surface area contributed by atoms with Gasteiger partial charge in [0, 0.05) is 31.5 Å². The highest BCUT2D eigenvalue weighted by molar-refractivity contribution is 5.14. The number of pyridine rings is 1. The van der Waals surface area contributed by atoms with Crippen molar-refractivity contribution in [3.05, 3.63) is 29.6 Å². The van der Waals surface area contributed by atoms with E-state index >= 15 is 0 Å². The van der Waals surface area contributed by atoms with Crippen LogP contribution in [0.2, 0.25) is 0 Å². The topological polar surface area (TPSA) is 25.4 Å². The molecule has 0 amide bonds. The molecule has 1 saturated carbocycles. The number of nitrogens with zero attached hydrogens (tertiary/aromatic N) is 2. The van der Waals surface area contributed by atoms with Gasteiger partial charge < -0.3 is 4.74 Å². The third-order valence-electron chi connectivity index (χ3n) is 3.83. The molecule has 2 heterocycles. The predicted molar refractivity (Wildman–Crippen MR) is 82.9 cm³/mol. The maximum atomic E-state index is 4.94. The van der Waals surface area contributed by atoms with Crippen LogP contribution in [-0.2, 0) is 11.3 Å². The largest absolute Gasteiger partial charge is 0.381 e. The predicted octanol–water partition coefficient (Wildman–Crippen LogP) is 3.60. The van der Waals surface area contributed by atoms with Crippen LogP contribution >= 0.6 is 0 Å². The van der Waals surface area contributed by atoms with Crippen LogP contribution in [0.15, 0.2) is 18.2 Å². The summed E-state index contributed by atoms with van der Waals surface area (Å²) in [6, 6.07) is 7.18. The molecule has 112 valence electrons. The van der Waals surface area contributed by atoms with Gasteiger partial charge in [0.15, 0.2) is 0 Å². The van der Waals surface area contributed by atoms with Crippen LogP contribution < -0.4 is 0 Å². The Hall–Kier alpha value is -0.930. The van der Waals surface area contributed by atoms with E-state index in [9.17, 15) is 0 Å². The zero-order chi connectivity index (χ0) is 14.4. The summed E-state index contributed by atoms with van der Waals surface area (Å²) in [5, 5.41) is 0. The summed E-state index contributed by atoms with van der Waals surface area (Å²) >= 11 is 0. The van der Waals surface area contributed by atoms with Crippen LogP contribution in [0.4, 0.5) is 0 Å². The summed E-state index contributed by atoms with van der Waals surface area (Å²) in [7, 11) is 2.20. The number of hydrogen-bond acceptors (Lipinski definition) is 3. The highest BCUT2D eigenvalue weighted by Gasteiger charge is 2.26. The van der Waals surface area contributed by atoms with Crippen LogP contribution in [-0.4, -0.2) is 36.2 Å². The van der Waals surface area contributed by atoms with Crippen molar-refractivity contribution < 1.29 is 4.74 Å². The molecule has 1 aliphatic carbocycles. The van der Waals surface area contributed by atoms with Crippen LogP contribution in [0, 0.1) is 0 Å². The quantitative estimate of drug-likeness (QED) is 0.840. The average molecular weight is 276 g/mol. The van der Waals surface area contributed by atoms with Crippen LogP contribution in [0.1, 0.15) is 56.8 Å². The second-order valence-electron chi connectivity index (χ2n) is 6.17. The van der Waals surface area contributed by atoms with E-state index in [1.54, 1.807) is 0 Å². The minimum atomic E-state index is 0.524. The van der Waals surface area contributed by atoms with E-state index in [0.29, 0.717) is 5.92 Å². The number of rotatable bonds is 4. The highest BCUT2D eigenvalue weighted by Crippen LogP contribution is 2.26. The van der Waals surface area contributed by atoms with Crippen molar-refractivity contribution in [2.45, 2.75) is 58.0 Å². The van der Waals surface area contributed by atoms with E-state index in [0.717, 1.165) is 25.8 Å². The molecule has 0 atom stereocenters. The Kier molecular flexibility index (Phi) is 5.99. The molecule has 1 saturated heterocycles. The second kappa shape index (κ2) is 7.75. The van der Waals surface area contributed by atoms with Gasteiger partial charge in [-0.05, 0) is 50.8 Å². The van der Waals surface area contributed by atoms with Gasteiger partial charge in [0.1, 0.15) is 0 Å². The first-order valence-electron chi connectivity index (χ1n) is 7.90. The minimum Gasteiger partial charge on any atom is -0.381 e. The summed E-state index contributed by atoms with van der Waals surface area (Å²) in [5.41, 5.74) is 2.41. The Bertz CT molecular complexity index is 390. The van der Waals surface area contributed by atoms with Gasteiger partial charge in [0.2, 0.25) is 0 Å². The zero-order valence-corrected chi connectivity index (χ0v) is 13.1. The fourth-order valence-corrected chi connectivity index (χ4v) is 2.32. The van der Waals surface area contributed by atoms with Gasteiger partial charge in [0.05, 0.1) is 5.69 Å².